The van der Waals surface area contributed by atoms with Gasteiger partial charge in [-0.15, -0.1) is 11.3 Å². The summed E-state index contributed by atoms with van der Waals surface area (Å²) in [4.78, 5) is 1.15. The van der Waals surface area contributed by atoms with Crippen LogP contribution in [0.3, 0.4) is 0 Å². The number of nitrogens with two attached hydrogens (primary N) is 1. The van der Waals surface area contributed by atoms with Crippen LogP contribution in [0.15, 0.2) is 47.6 Å². The van der Waals surface area contributed by atoms with Crippen LogP contribution in [-0.4, -0.2) is 17.6 Å². The summed E-state index contributed by atoms with van der Waals surface area (Å²) >= 11 is 7.43. The van der Waals surface area contributed by atoms with Gasteiger partial charge in [0, 0.05) is 18.0 Å². The lowest BCUT2D eigenvalue weighted by molar-refractivity contribution is 0.315. The molecule has 0 radical (unpaired) electrons. The molecule has 0 fully saturated rings. The number of thiophene rings is 1. The first-order valence-electron chi connectivity index (χ1n) is 6.18. The van der Waals surface area contributed by atoms with Gasteiger partial charge in [0.2, 0.25) is 0 Å². The van der Waals surface area contributed by atoms with E-state index in [2.05, 4.69) is 10.5 Å². The van der Waals surface area contributed by atoms with Crippen molar-refractivity contribution in [2.24, 2.45) is 10.9 Å². The Hall–Kier alpha value is -1.56. The van der Waals surface area contributed by atoms with Crippen molar-refractivity contribution in [1.82, 2.24) is 5.32 Å². The lowest BCUT2D eigenvalue weighted by Gasteiger charge is -2.16. The maximum atomic E-state index is 8.91. The van der Waals surface area contributed by atoms with Crippen molar-refractivity contribution in [2.45, 2.75) is 12.5 Å². The second kappa shape index (κ2) is 7.28. The summed E-state index contributed by atoms with van der Waals surface area (Å²) in [5, 5.41) is 15.3. The molecule has 0 amide bonds. The SMILES string of the molecule is NC(=NO)C(CNCc1ccc(Cl)s1)c1ccccc1. The van der Waals surface area contributed by atoms with E-state index < -0.39 is 0 Å². The molecule has 4 nitrogen and oxygen atoms in total. The molecule has 2 rings (SSSR count). The lowest BCUT2D eigenvalue weighted by atomic mass is 9.98. The Morgan fingerprint density at radius 2 is 2.05 bits per heavy atom. The highest BCUT2D eigenvalue weighted by atomic mass is 35.5. The predicted octanol–water partition coefficient (Wildman–Crippen LogP) is 3.02. The standard InChI is InChI=1S/C14H16ClN3OS/c15-13-7-6-11(20-13)8-17-9-12(14(16)18-19)10-4-2-1-3-5-10/h1-7,12,17,19H,8-9H2,(H2,16,18). The van der Waals surface area contributed by atoms with Gasteiger partial charge in [-0.2, -0.15) is 0 Å². The van der Waals surface area contributed by atoms with Crippen molar-refractivity contribution in [1.29, 1.82) is 0 Å². The van der Waals surface area contributed by atoms with Gasteiger partial charge in [0.15, 0.2) is 0 Å². The topological polar surface area (TPSA) is 70.6 Å². The molecule has 106 valence electrons. The summed E-state index contributed by atoms with van der Waals surface area (Å²) < 4.78 is 0.776. The Morgan fingerprint density at radius 1 is 1.30 bits per heavy atom. The number of nitrogens with one attached hydrogen (secondary N) is 1. The fourth-order valence-electron chi connectivity index (χ4n) is 1.93. The van der Waals surface area contributed by atoms with Gasteiger partial charge in [-0.25, -0.2) is 0 Å². The quantitative estimate of drug-likeness (QED) is 0.332. The minimum absolute atomic E-state index is 0.156. The monoisotopic (exact) mass is 309 g/mol. The molecule has 0 spiro atoms. The molecule has 0 aliphatic heterocycles. The molecule has 0 aliphatic rings. The Bertz CT molecular complexity index is 571. The minimum atomic E-state index is -0.156. The van der Waals surface area contributed by atoms with Gasteiger partial charge >= 0.3 is 0 Å². The van der Waals surface area contributed by atoms with E-state index in [0.29, 0.717) is 13.1 Å². The smallest absolute Gasteiger partial charge is 0.147 e. The van der Waals surface area contributed by atoms with Crippen LogP contribution in [0.5, 0.6) is 0 Å². The molecule has 0 bridgehead atoms. The zero-order valence-corrected chi connectivity index (χ0v) is 12.4. The van der Waals surface area contributed by atoms with Gasteiger partial charge in [-0.05, 0) is 17.7 Å². The first-order valence-corrected chi connectivity index (χ1v) is 7.37. The van der Waals surface area contributed by atoms with Crippen molar-refractivity contribution in [3.63, 3.8) is 0 Å². The van der Waals surface area contributed by atoms with Crippen molar-refractivity contribution in [3.05, 3.63) is 57.2 Å². The van der Waals surface area contributed by atoms with Gasteiger partial charge in [0.05, 0.1) is 10.3 Å². The largest absolute Gasteiger partial charge is 0.409 e. The Labute approximate surface area is 126 Å². The number of amidine groups is 1. The zero-order valence-electron chi connectivity index (χ0n) is 10.8. The van der Waals surface area contributed by atoms with Crippen LogP contribution < -0.4 is 11.1 Å². The number of benzene rings is 1. The number of halogens is 1. The van der Waals surface area contributed by atoms with E-state index in [1.54, 1.807) is 11.3 Å². The molecule has 1 aromatic carbocycles. The van der Waals surface area contributed by atoms with E-state index in [9.17, 15) is 0 Å². The Balaban J connectivity index is 1.98. The summed E-state index contributed by atoms with van der Waals surface area (Å²) in [5.74, 6) is 0.0459. The third kappa shape index (κ3) is 3.96. The summed E-state index contributed by atoms with van der Waals surface area (Å²) in [6.45, 7) is 1.30. The van der Waals surface area contributed by atoms with E-state index >= 15 is 0 Å². The first kappa shape index (κ1) is 14.8. The normalized spacial score (nSPS) is 13.3. The zero-order chi connectivity index (χ0) is 14.4. The van der Waals surface area contributed by atoms with E-state index in [0.717, 1.165) is 14.8 Å². The van der Waals surface area contributed by atoms with Gasteiger partial charge in [0.25, 0.3) is 0 Å². The third-order valence-electron chi connectivity index (χ3n) is 2.95. The van der Waals surface area contributed by atoms with Crippen LogP contribution in [0.2, 0.25) is 4.34 Å². The third-order valence-corrected chi connectivity index (χ3v) is 4.18. The molecule has 0 saturated carbocycles. The highest BCUT2D eigenvalue weighted by molar-refractivity contribution is 7.16. The van der Waals surface area contributed by atoms with Gasteiger partial charge in [-0.1, -0.05) is 47.1 Å². The molecule has 1 atom stereocenters. The predicted molar refractivity (Wildman–Crippen MR) is 83.6 cm³/mol. The summed E-state index contributed by atoms with van der Waals surface area (Å²) in [7, 11) is 0. The van der Waals surface area contributed by atoms with Crippen LogP contribution in [0.4, 0.5) is 0 Å². The fraction of sp³-hybridized carbons (Fsp3) is 0.214. The lowest BCUT2D eigenvalue weighted by Crippen LogP contribution is -2.31. The van der Waals surface area contributed by atoms with Crippen molar-refractivity contribution < 1.29 is 5.21 Å². The van der Waals surface area contributed by atoms with Crippen LogP contribution in [0, 0.1) is 0 Å². The second-order valence-corrected chi connectivity index (χ2v) is 6.12. The molecule has 1 aromatic heterocycles. The summed E-state index contributed by atoms with van der Waals surface area (Å²) in [6, 6.07) is 13.6. The van der Waals surface area contributed by atoms with E-state index in [-0.39, 0.29) is 11.8 Å². The average molecular weight is 310 g/mol. The number of oxime groups is 1. The van der Waals surface area contributed by atoms with E-state index in [1.807, 2.05) is 42.5 Å². The number of hydrogen-bond acceptors (Lipinski definition) is 4. The molecule has 20 heavy (non-hydrogen) atoms. The summed E-state index contributed by atoms with van der Waals surface area (Å²) in [6.07, 6.45) is 0. The van der Waals surface area contributed by atoms with Crippen molar-refractivity contribution in [2.75, 3.05) is 6.54 Å². The van der Waals surface area contributed by atoms with Gasteiger partial charge < -0.3 is 16.3 Å². The molecule has 2 aromatic rings. The molecule has 1 heterocycles. The van der Waals surface area contributed by atoms with Crippen molar-refractivity contribution >= 4 is 28.8 Å². The number of nitrogens with zero attached hydrogens (tertiary/aromatic N) is 1. The highest BCUT2D eigenvalue weighted by Crippen LogP contribution is 2.21. The maximum Gasteiger partial charge on any atom is 0.147 e. The first-order chi connectivity index (χ1) is 9.70. The molecular formula is C14H16ClN3OS. The van der Waals surface area contributed by atoms with E-state index in [4.69, 9.17) is 22.5 Å². The number of rotatable bonds is 6. The molecule has 0 saturated heterocycles. The number of hydrogen-bond donors (Lipinski definition) is 3. The van der Waals surface area contributed by atoms with Crippen LogP contribution in [0.25, 0.3) is 0 Å². The second-order valence-electron chi connectivity index (χ2n) is 4.32. The van der Waals surface area contributed by atoms with Gasteiger partial charge in [-0.3, -0.25) is 0 Å². The molecule has 1 unspecified atom stereocenters. The van der Waals surface area contributed by atoms with Gasteiger partial charge in [0.1, 0.15) is 5.84 Å². The van der Waals surface area contributed by atoms with E-state index in [1.165, 1.54) is 0 Å². The highest BCUT2D eigenvalue weighted by Gasteiger charge is 2.16. The Morgan fingerprint density at radius 3 is 2.65 bits per heavy atom. The van der Waals surface area contributed by atoms with Crippen LogP contribution >= 0.6 is 22.9 Å². The fourth-order valence-corrected chi connectivity index (χ4v) is 2.99. The van der Waals surface area contributed by atoms with Crippen LogP contribution in [0.1, 0.15) is 16.4 Å². The Kier molecular flexibility index (Phi) is 5.40. The summed E-state index contributed by atoms with van der Waals surface area (Å²) in [5.41, 5.74) is 6.79. The van der Waals surface area contributed by atoms with Crippen LogP contribution in [-0.2, 0) is 6.54 Å². The average Bonchev–Trinajstić information content (AvgIpc) is 2.89. The molecule has 6 heteroatoms. The maximum absolute atomic E-state index is 8.91. The molecule has 4 N–H and O–H groups in total. The molecular weight excluding hydrogens is 294 g/mol. The minimum Gasteiger partial charge on any atom is -0.409 e. The molecule has 0 aliphatic carbocycles. The van der Waals surface area contributed by atoms with Crippen molar-refractivity contribution in [3.8, 4) is 0 Å².